The molecule has 0 aliphatic carbocycles. The maximum Gasteiger partial charge on any atom is 0.169 e. The molecular weight excluding hydrogens is 238 g/mol. The number of aromatic nitrogens is 2. The summed E-state index contributed by atoms with van der Waals surface area (Å²) in [5, 5.41) is 3.07. The number of fused-ring (bicyclic) bond motifs is 1. The third-order valence-corrected chi connectivity index (χ3v) is 3.60. The van der Waals surface area contributed by atoms with E-state index in [2.05, 4.69) is 10.3 Å². The van der Waals surface area contributed by atoms with E-state index in [-0.39, 0.29) is 5.78 Å². The number of aryl methyl sites for hydroxylation is 2. The van der Waals surface area contributed by atoms with Crippen molar-refractivity contribution in [1.82, 2.24) is 14.9 Å². The van der Waals surface area contributed by atoms with Crippen LogP contribution in [0.4, 0.5) is 0 Å². The lowest BCUT2D eigenvalue weighted by Crippen LogP contribution is -2.34. The van der Waals surface area contributed by atoms with Gasteiger partial charge in [-0.3, -0.25) is 4.79 Å². The van der Waals surface area contributed by atoms with Crippen molar-refractivity contribution in [1.29, 1.82) is 0 Å². The van der Waals surface area contributed by atoms with Crippen LogP contribution in [0, 0.1) is 12.3 Å². The summed E-state index contributed by atoms with van der Waals surface area (Å²) in [4.78, 5) is 17.0. The molecule has 0 fully saturated rings. The molecule has 4 nitrogen and oxygen atoms in total. The lowest BCUT2D eigenvalue weighted by Gasteiger charge is -2.22. The number of rotatable bonds is 4. The number of Topliss-reactive ketones (excluding diaryl/α,β-unsaturated/α-hetero) is 1. The van der Waals surface area contributed by atoms with Crippen molar-refractivity contribution in [2.75, 3.05) is 13.6 Å². The fourth-order valence-electron chi connectivity index (χ4n) is 2.37. The maximum absolute atomic E-state index is 12.5. The lowest BCUT2D eigenvalue weighted by molar-refractivity contribution is 0.0839. The Kier molecular flexibility index (Phi) is 3.45. The van der Waals surface area contributed by atoms with Gasteiger partial charge in [0.15, 0.2) is 5.78 Å². The van der Waals surface area contributed by atoms with Crippen molar-refractivity contribution in [3.05, 3.63) is 29.6 Å². The summed E-state index contributed by atoms with van der Waals surface area (Å²) in [5.74, 6) is 1.10. The maximum atomic E-state index is 12.5. The minimum absolute atomic E-state index is 0.145. The van der Waals surface area contributed by atoms with Crippen LogP contribution in [0.3, 0.4) is 0 Å². The Morgan fingerprint density at radius 2 is 2.11 bits per heavy atom. The van der Waals surface area contributed by atoms with Crippen LogP contribution < -0.4 is 5.32 Å². The van der Waals surface area contributed by atoms with E-state index in [0.717, 1.165) is 22.4 Å². The molecule has 0 saturated heterocycles. The molecule has 1 heterocycles. The molecule has 0 bridgehead atoms. The Labute approximate surface area is 113 Å². The first kappa shape index (κ1) is 13.7. The van der Waals surface area contributed by atoms with Crippen molar-refractivity contribution in [2.45, 2.75) is 20.8 Å². The van der Waals surface area contributed by atoms with Gasteiger partial charge in [0.2, 0.25) is 0 Å². The molecule has 19 heavy (non-hydrogen) atoms. The second-order valence-electron chi connectivity index (χ2n) is 5.66. The van der Waals surface area contributed by atoms with Gasteiger partial charge < -0.3 is 9.88 Å². The standard InChI is InChI=1S/C15H21N3O/c1-10-17-12-8-11(6-7-13(12)18(10)5)14(19)15(2,3)9-16-4/h6-8,16H,9H2,1-5H3. The molecule has 0 unspecified atom stereocenters. The molecule has 102 valence electrons. The summed E-state index contributed by atoms with van der Waals surface area (Å²) in [5.41, 5.74) is 2.25. The third kappa shape index (κ3) is 2.40. The van der Waals surface area contributed by atoms with E-state index < -0.39 is 5.41 Å². The zero-order valence-corrected chi connectivity index (χ0v) is 12.2. The predicted octanol–water partition coefficient (Wildman–Crippen LogP) is 2.31. The van der Waals surface area contributed by atoms with E-state index in [9.17, 15) is 4.79 Å². The first-order valence-corrected chi connectivity index (χ1v) is 6.49. The summed E-state index contributed by atoms with van der Waals surface area (Å²) in [6.45, 7) is 6.54. The highest BCUT2D eigenvalue weighted by Gasteiger charge is 2.28. The van der Waals surface area contributed by atoms with E-state index in [0.29, 0.717) is 6.54 Å². The molecule has 0 spiro atoms. The minimum Gasteiger partial charge on any atom is -0.331 e. The second-order valence-corrected chi connectivity index (χ2v) is 5.66. The van der Waals surface area contributed by atoms with E-state index in [1.54, 1.807) is 0 Å². The Bertz CT molecular complexity index is 626. The third-order valence-electron chi connectivity index (χ3n) is 3.60. The summed E-state index contributed by atoms with van der Waals surface area (Å²) >= 11 is 0. The molecule has 0 saturated carbocycles. The number of hydrogen-bond donors (Lipinski definition) is 1. The number of hydrogen-bond acceptors (Lipinski definition) is 3. The molecule has 0 radical (unpaired) electrons. The Hall–Kier alpha value is -1.68. The molecule has 1 aromatic heterocycles. The first-order chi connectivity index (χ1) is 8.86. The Morgan fingerprint density at radius 1 is 1.42 bits per heavy atom. The van der Waals surface area contributed by atoms with Crippen molar-refractivity contribution >= 4 is 16.8 Å². The van der Waals surface area contributed by atoms with E-state index >= 15 is 0 Å². The Balaban J connectivity index is 2.44. The molecule has 4 heteroatoms. The molecular formula is C15H21N3O. The number of ketones is 1. The molecule has 2 aromatic rings. The van der Waals surface area contributed by atoms with Crippen LogP contribution in [0.15, 0.2) is 18.2 Å². The van der Waals surface area contributed by atoms with Gasteiger partial charge in [-0.15, -0.1) is 0 Å². The number of carbonyl (C=O) groups is 1. The highest BCUT2D eigenvalue weighted by atomic mass is 16.1. The van der Waals surface area contributed by atoms with Gasteiger partial charge in [-0.25, -0.2) is 4.98 Å². The van der Waals surface area contributed by atoms with E-state index in [1.807, 2.05) is 57.6 Å². The zero-order chi connectivity index (χ0) is 14.2. The quantitative estimate of drug-likeness (QED) is 0.857. The topological polar surface area (TPSA) is 46.9 Å². The second kappa shape index (κ2) is 4.78. The predicted molar refractivity (Wildman–Crippen MR) is 77.5 cm³/mol. The van der Waals surface area contributed by atoms with Crippen molar-refractivity contribution in [3.63, 3.8) is 0 Å². The van der Waals surface area contributed by atoms with Crippen LogP contribution in [0.25, 0.3) is 11.0 Å². The highest BCUT2D eigenvalue weighted by Crippen LogP contribution is 2.24. The number of nitrogens with one attached hydrogen (secondary N) is 1. The first-order valence-electron chi connectivity index (χ1n) is 6.49. The average Bonchev–Trinajstić information content (AvgIpc) is 2.63. The van der Waals surface area contributed by atoms with Gasteiger partial charge in [0.05, 0.1) is 11.0 Å². The normalized spacial score (nSPS) is 12.1. The molecule has 1 N–H and O–H groups in total. The fraction of sp³-hybridized carbons (Fsp3) is 0.467. The Morgan fingerprint density at radius 3 is 2.74 bits per heavy atom. The van der Waals surface area contributed by atoms with Gasteiger partial charge in [-0.05, 0) is 32.2 Å². The smallest absolute Gasteiger partial charge is 0.169 e. The molecule has 0 aliphatic heterocycles. The summed E-state index contributed by atoms with van der Waals surface area (Å²) in [6, 6.07) is 5.75. The highest BCUT2D eigenvalue weighted by molar-refractivity contribution is 6.02. The van der Waals surface area contributed by atoms with Crippen LogP contribution in [-0.2, 0) is 7.05 Å². The van der Waals surface area contributed by atoms with Crippen molar-refractivity contribution in [2.24, 2.45) is 12.5 Å². The van der Waals surface area contributed by atoms with Crippen LogP contribution in [-0.4, -0.2) is 28.9 Å². The van der Waals surface area contributed by atoms with Crippen molar-refractivity contribution < 1.29 is 4.79 Å². The molecule has 0 amide bonds. The lowest BCUT2D eigenvalue weighted by atomic mass is 9.84. The monoisotopic (exact) mass is 259 g/mol. The SMILES string of the molecule is CNCC(C)(C)C(=O)c1ccc2c(c1)nc(C)n2C. The molecule has 0 aliphatic rings. The van der Waals surface area contributed by atoms with Crippen LogP contribution in [0.1, 0.15) is 30.0 Å². The summed E-state index contributed by atoms with van der Waals surface area (Å²) in [6.07, 6.45) is 0. The zero-order valence-electron chi connectivity index (χ0n) is 12.2. The van der Waals surface area contributed by atoms with Crippen LogP contribution in [0.5, 0.6) is 0 Å². The van der Waals surface area contributed by atoms with E-state index in [4.69, 9.17) is 0 Å². The fourth-order valence-corrected chi connectivity index (χ4v) is 2.37. The molecule has 1 aromatic carbocycles. The summed E-state index contributed by atoms with van der Waals surface area (Å²) < 4.78 is 2.03. The van der Waals surface area contributed by atoms with Gasteiger partial charge in [0, 0.05) is 24.6 Å². The minimum atomic E-state index is -0.410. The van der Waals surface area contributed by atoms with Gasteiger partial charge in [0.1, 0.15) is 5.82 Å². The number of carbonyl (C=O) groups excluding carboxylic acids is 1. The molecule has 2 rings (SSSR count). The number of benzene rings is 1. The number of imidazole rings is 1. The van der Waals surface area contributed by atoms with E-state index in [1.165, 1.54) is 0 Å². The molecule has 0 atom stereocenters. The van der Waals surface area contributed by atoms with Crippen LogP contribution in [0.2, 0.25) is 0 Å². The largest absolute Gasteiger partial charge is 0.331 e. The van der Waals surface area contributed by atoms with Gasteiger partial charge in [-0.2, -0.15) is 0 Å². The average molecular weight is 259 g/mol. The van der Waals surface area contributed by atoms with Gasteiger partial charge in [-0.1, -0.05) is 13.8 Å². The van der Waals surface area contributed by atoms with Crippen molar-refractivity contribution in [3.8, 4) is 0 Å². The number of nitrogens with zero attached hydrogens (tertiary/aromatic N) is 2. The van der Waals surface area contributed by atoms with Crippen LogP contribution >= 0.6 is 0 Å². The van der Waals surface area contributed by atoms with Gasteiger partial charge >= 0.3 is 0 Å². The van der Waals surface area contributed by atoms with Gasteiger partial charge in [0.25, 0.3) is 0 Å². The summed E-state index contributed by atoms with van der Waals surface area (Å²) in [7, 11) is 3.84.